The molecule has 2 heterocycles. The molecule has 0 atom stereocenters. The van der Waals surface area contributed by atoms with Crippen LogP contribution in [0.4, 0.5) is 17.2 Å². The Morgan fingerprint density at radius 1 is 1.19 bits per heavy atom. The third kappa shape index (κ3) is 2.14. The first-order valence-electron chi connectivity index (χ1n) is 6.72. The molecule has 2 aromatic rings. The van der Waals surface area contributed by atoms with Gasteiger partial charge in [0.15, 0.2) is 11.0 Å². The van der Waals surface area contributed by atoms with Gasteiger partial charge in [-0.2, -0.15) is 0 Å². The molecular formula is C15H15ClN4O. The summed E-state index contributed by atoms with van der Waals surface area (Å²) in [7, 11) is 1.76. The maximum atomic E-state index is 12.7. The number of rotatable bonds is 1. The van der Waals surface area contributed by atoms with Crippen molar-refractivity contribution in [3.05, 3.63) is 40.5 Å². The topological polar surface area (TPSA) is 49.3 Å². The molecular weight excluding hydrogens is 288 g/mol. The van der Waals surface area contributed by atoms with E-state index < -0.39 is 0 Å². The summed E-state index contributed by atoms with van der Waals surface area (Å²) in [6, 6.07) is 7.60. The van der Waals surface area contributed by atoms with E-state index >= 15 is 0 Å². The van der Waals surface area contributed by atoms with Crippen molar-refractivity contribution in [1.29, 1.82) is 0 Å². The molecule has 0 radical (unpaired) electrons. The fraction of sp³-hybridized carbons (Fsp3) is 0.267. The van der Waals surface area contributed by atoms with Crippen LogP contribution in [-0.4, -0.2) is 29.7 Å². The lowest BCUT2D eigenvalue weighted by Gasteiger charge is -2.24. The lowest BCUT2D eigenvalue weighted by Crippen LogP contribution is -2.25. The van der Waals surface area contributed by atoms with Gasteiger partial charge in [-0.25, -0.2) is 0 Å². The van der Waals surface area contributed by atoms with Crippen LogP contribution < -0.4 is 9.80 Å². The fourth-order valence-electron chi connectivity index (χ4n) is 2.57. The molecule has 0 N–H and O–H groups in total. The van der Waals surface area contributed by atoms with E-state index in [9.17, 15) is 4.79 Å². The van der Waals surface area contributed by atoms with Crippen molar-refractivity contribution in [1.82, 2.24) is 10.2 Å². The van der Waals surface area contributed by atoms with Gasteiger partial charge >= 0.3 is 0 Å². The van der Waals surface area contributed by atoms with E-state index in [0.717, 1.165) is 16.9 Å². The fourth-order valence-corrected chi connectivity index (χ4v) is 2.72. The predicted molar refractivity (Wildman–Crippen MR) is 83.6 cm³/mol. The van der Waals surface area contributed by atoms with Crippen LogP contribution in [0, 0.1) is 6.92 Å². The highest BCUT2D eigenvalue weighted by Gasteiger charge is 2.30. The van der Waals surface area contributed by atoms with Crippen LogP contribution in [-0.2, 0) is 0 Å². The predicted octanol–water partition coefficient (Wildman–Crippen LogP) is 3.19. The summed E-state index contributed by atoms with van der Waals surface area (Å²) < 4.78 is 0. The van der Waals surface area contributed by atoms with E-state index in [1.165, 1.54) is 0 Å². The van der Waals surface area contributed by atoms with Crippen LogP contribution in [0.5, 0.6) is 0 Å². The Bertz CT molecular complexity index is 732. The van der Waals surface area contributed by atoms with E-state index in [-0.39, 0.29) is 11.1 Å². The van der Waals surface area contributed by atoms with Crippen LogP contribution in [0.2, 0.25) is 5.15 Å². The number of carbonyl (C=O) groups is 1. The molecule has 0 saturated carbocycles. The molecule has 0 bridgehead atoms. The lowest BCUT2D eigenvalue weighted by atomic mass is 10.1. The summed E-state index contributed by atoms with van der Waals surface area (Å²) in [6.45, 7) is 4.70. The van der Waals surface area contributed by atoms with Crippen LogP contribution >= 0.6 is 11.6 Å². The first kappa shape index (κ1) is 13.8. The molecule has 0 saturated heterocycles. The Labute approximate surface area is 128 Å². The maximum absolute atomic E-state index is 12.7. The van der Waals surface area contributed by atoms with Crippen LogP contribution in [0.1, 0.15) is 22.8 Å². The standard InChI is InChI=1S/C15H15ClN4O/c1-4-20-11-6-5-9(2)7-12(11)19(3)15(21)10-8-13(16)17-18-14(10)20/h5-8H,4H2,1-3H3. The number of aryl methyl sites for hydroxylation is 1. The van der Waals surface area contributed by atoms with E-state index in [1.54, 1.807) is 18.0 Å². The number of anilines is 3. The molecule has 1 aromatic heterocycles. The smallest absolute Gasteiger partial charge is 0.262 e. The minimum absolute atomic E-state index is 0.135. The number of aromatic nitrogens is 2. The van der Waals surface area contributed by atoms with Gasteiger partial charge < -0.3 is 9.80 Å². The zero-order chi connectivity index (χ0) is 15.1. The van der Waals surface area contributed by atoms with E-state index in [0.29, 0.717) is 17.9 Å². The van der Waals surface area contributed by atoms with Crippen molar-refractivity contribution in [2.45, 2.75) is 13.8 Å². The largest absolute Gasteiger partial charge is 0.323 e. The van der Waals surface area contributed by atoms with Crippen LogP contribution in [0.3, 0.4) is 0 Å². The van der Waals surface area contributed by atoms with Crippen LogP contribution in [0.15, 0.2) is 24.3 Å². The molecule has 21 heavy (non-hydrogen) atoms. The molecule has 0 unspecified atom stereocenters. The number of fused-ring (bicyclic) bond motifs is 2. The molecule has 3 rings (SSSR count). The molecule has 0 spiro atoms. The summed E-state index contributed by atoms with van der Waals surface area (Å²) in [5.41, 5.74) is 3.36. The monoisotopic (exact) mass is 302 g/mol. The molecule has 0 aliphatic carbocycles. The summed E-state index contributed by atoms with van der Waals surface area (Å²) in [5.74, 6) is 0.408. The Morgan fingerprint density at radius 3 is 2.67 bits per heavy atom. The molecule has 6 heteroatoms. The third-order valence-electron chi connectivity index (χ3n) is 3.63. The molecule has 1 aliphatic heterocycles. The van der Waals surface area contributed by atoms with E-state index in [4.69, 9.17) is 11.6 Å². The van der Waals surface area contributed by atoms with Gasteiger partial charge in [0.25, 0.3) is 5.91 Å². The molecule has 1 aliphatic rings. The zero-order valence-electron chi connectivity index (χ0n) is 12.1. The lowest BCUT2D eigenvalue weighted by molar-refractivity contribution is 0.0994. The molecule has 5 nitrogen and oxygen atoms in total. The van der Waals surface area contributed by atoms with Gasteiger partial charge in [-0.3, -0.25) is 4.79 Å². The van der Waals surface area contributed by atoms with Crippen molar-refractivity contribution < 1.29 is 4.79 Å². The Kier molecular flexibility index (Phi) is 3.29. The average molecular weight is 303 g/mol. The number of halogens is 1. The first-order valence-corrected chi connectivity index (χ1v) is 7.10. The number of hydrogen-bond donors (Lipinski definition) is 0. The molecule has 108 valence electrons. The zero-order valence-corrected chi connectivity index (χ0v) is 12.8. The Morgan fingerprint density at radius 2 is 1.95 bits per heavy atom. The first-order chi connectivity index (χ1) is 10.0. The normalized spacial score (nSPS) is 13.8. The van der Waals surface area contributed by atoms with Gasteiger partial charge in [-0.15, -0.1) is 10.2 Å². The Hall–Kier alpha value is -2.14. The molecule has 1 amide bonds. The molecule has 0 fully saturated rings. The van der Waals surface area contributed by atoms with Crippen molar-refractivity contribution in [2.24, 2.45) is 0 Å². The van der Waals surface area contributed by atoms with Crippen LogP contribution in [0.25, 0.3) is 0 Å². The SMILES string of the molecule is CCN1c2ccc(C)cc2N(C)C(=O)c2cc(Cl)nnc21. The van der Waals surface area contributed by atoms with E-state index in [1.807, 2.05) is 36.9 Å². The summed E-state index contributed by atoms with van der Waals surface area (Å²) in [6.07, 6.45) is 0. The number of amides is 1. The van der Waals surface area contributed by atoms with Crippen molar-refractivity contribution in [2.75, 3.05) is 23.4 Å². The number of carbonyl (C=O) groups excluding carboxylic acids is 1. The van der Waals surface area contributed by atoms with Crippen molar-refractivity contribution in [3.63, 3.8) is 0 Å². The highest BCUT2D eigenvalue weighted by molar-refractivity contribution is 6.30. The third-order valence-corrected chi connectivity index (χ3v) is 3.82. The summed E-state index contributed by atoms with van der Waals surface area (Å²) in [5, 5.41) is 8.24. The highest BCUT2D eigenvalue weighted by atomic mass is 35.5. The Balaban J connectivity index is 2.32. The van der Waals surface area contributed by atoms with E-state index in [2.05, 4.69) is 10.2 Å². The number of benzene rings is 1. The van der Waals surface area contributed by atoms with Crippen molar-refractivity contribution in [3.8, 4) is 0 Å². The quantitative estimate of drug-likeness (QED) is 0.812. The van der Waals surface area contributed by atoms with Gasteiger partial charge in [0.05, 0.1) is 16.9 Å². The summed E-state index contributed by atoms with van der Waals surface area (Å²) in [4.78, 5) is 16.3. The molecule has 1 aromatic carbocycles. The maximum Gasteiger partial charge on any atom is 0.262 e. The van der Waals surface area contributed by atoms with Crippen molar-refractivity contribution >= 4 is 34.7 Å². The minimum atomic E-state index is -0.135. The second-order valence-electron chi connectivity index (χ2n) is 5.00. The van der Waals surface area contributed by atoms with Gasteiger partial charge in [-0.1, -0.05) is 17.7 Å². The number of nitrogens with zero attached hydrogens (tertiary/aromatic N) is 4. The van der Waals surface area contributed by atoms with Gasteiger partial charge in [0, 0.05) is 13.6 Å². The summed E-state index contributed by atoms with van der Waals surface area (Å²) >= 11 is 5.91. The minimum Gasteiger partial charge on any atom is -0.323 e. The average Bonchev–Trinajstić information content (AvgIpc) is 2.56. The van der Waals surface area contributed by atoms with Gasteiger partial charge in [-0.05, 0) is 37.6 Å². The van der Waals surface area contributed by atoms with Gasteiger partial charge in [0.2, 0.25) is 0 Å². The highest BCUT2D eigenvalue weighted by Crippen LogP contribution is 2.39. The second kappa shape index (κ2) is 5.00. The second-order valence-corrected chi connectivity index (χ2v) is 5.39. The van der Waals surface area contributed by atoms with Gasteiger partial charge in [0.1, 0.15) is 0 Å². The number of hydrogen-bond acceptors (Lipinski definition) is 4.